The zero-order valence-electron chi connectivity index (χ0n) is 16.3. The Morgan fingerprint density at radius 3 is 2.33 bits per heavy atom. The number of carbonyl (C=O) groups is 4. The molecule has 3 heterocycles. The summed E-state index contributed by atoms with van der Waals surface area (Å²) in [6.45, 7) is 1.68. The van der Waals surface area contributed by atoms with Gasteiger partial charge in [0, 0.05) is 26.2 Å². The van der Waals surface area contributed by atoms with E-state index >= 15 is 0 Å². The molecule has 0 radical (unpaired) electrons. The van der Waals surface area contributed by atoms with E-state index in [0.29, 0.717) is 26.2 Å². The molecule has 2 aliphatic heterocycles. The van der Waals surface area contributed by atoms with Crippen LogP contribution in [0.3, 0.4) is 0 Å². The number of hydrogen-bond donors (Lipinski definition) is 1. The Bertz CT molecular complexity index is 936. The van der Waals surface area contributed by atoms with Crippen LogP contribution in [-0.4, -0.2) is 70.7 Å². The molecule has 1 N–H and O–H groups in total. The minimum absolute atomic E-state index is 0.0952. The standard InChI is InChI=1S/C21H22N4O5/c26-18(23-8-10-24(11-9-23)20(28)17-7-4-12-30-17)13-16-19(27)25(21(29)22-16)14-15-5-2-1-3-6-15/h1-7,12,16H,8-11,13-14H2,(H,22,29). The number of nitrogens with zero attached hydrogens (tertiary/aromatic N) is 3. The molecule has 1 aromatic heterocycles. The van der Waals surface area contributed by atoms with Crippen LogP contribution in [0.4, 0.5) is 4.79 Å². The predicted octanol–water partition coefficient (Wildman–Crippen LogP) is 1.07. The summed E-state index contributed by atoms with van der Waals surface area (Å²) in [6.07, 6.45) is 1.35. The maximum absolute atomic E-state index is 12.7. The lowest BCUT2D eigenvalue weighted by molar-refractivity contribution is -0.136. The fourth-order valence-electron chi connectivity index (χ4n) is 3.65. The average molecular weight is 410 g/mol. The molecule has 156 valence electrons. The van der Waals surface area contributed by atoms with Crippen molar-refractivity contribution in [2.75, 3.05) is 26.2 Å². The molecule has 0 aliphatic carbocycles. The van der Waals surface area contributed by atoms with Gasteiger partial charge in [0.05, 0.1) is 19.2 Å². The van der Waals surface area contributed by atoms with Gasteiger partial charge in [0.1, 0.15) is 6.04 Å². The summed E-state index contributed by atoms with van der Waals surface area (Å²) in [7, 11) is 0. The van der Waals surface area contributed by atoms with E-state index in [1.165, 1.54) is 6.26 Å². The Labute approximate surface area is 173 Å². The highest BCUT2D eigenvalue weighted by Crippen LogP contribution is 2.16. The molecule has 2 aliphatic rings. The van der Waals surface area contributed by atoms with Crippen molar-refractivity contribution in [3.05, 3.63) is 60.1 Å². The first-order valence-electron chi connectivity index (χ1n) is 9.79. The van der Waals surface area contributed by atoms with Crippen molar-refractivity contribution >= 4 is 23.8 Å². The monoisotopic (exact) mass is 410 g/mol. The third kappa shape index (κ3) is 4.05. The van der Waals surface area contributed by atoms with E-state index in [2.05, 4.69) is 5.32 Å². The summed E-state index contributed by atoms with van der Waals surface area (Å²) in [5.41, 5.74) is 0.838. The molecule has 5 amide bonds. The summed E-state index contributed by atoms with van der Waals surface area (Å²) in [6, 6.07) is 11.1. The van der Waals surface area contributed by atoms with E-state index in [1.54, 1.807) is 21.9 Å². The molecule has 0 spiro atoms. The second kappa shape index (κ2) is 8.40. The molecule has 0 bridgehead atoms. The SMILES string of the molecule is O=C(CC1NC(=O)N(Cc2ccccc2)C1=O)N1CCN(C(=O)c2ccco2)CC1. The zero-order valence-corrected chi connectivity index (χ0v) is 16.3. The summed E-state index contributed by atoms with van der Waals surface area (Å²) in [5, 5.41) is 2.60. The van der Waals surface area contributed by atoms with E-state index in [1.807, 2.05) is 30.3 Å². The van der Waals surface area contributed by atoms with Crippen LogP contribution in [0.5, 0.6) is 0 Å². The number of piperazine rings is 1. The lowest BCUT2D eigenvalue weighted by atomic mass is 10.1. The van der Waals surface area contributed by atoms with Gasteiger partial charge in [0.2, 0.25) is 5.91 Å². The Balaban J connectivity index is 1.29. The van der Waals surface area contributed by atoms with E-state index < -0.39 is 18.0 Å². The Kier molecular flexibility index (Phi) is 5.51. The lowest BCUT2D eigenvalue weighted by Gasteiger charge is -2.34. The first kappa shape index (κ1) is 19.7. The first-order valence-corrected chi connectivity index (χ1v) is 9.79. The highest BCUT2D eigenvalue weighted by Gasteiger charge is 2.40. The molecule has 9 nitrogen and oxygen atoms in total. The van der Waals surface area contributed by atoms with Crippen molar-refractivity contribution in [2.24, 2.45) is 0 Å². The highest BCUT2D eigenvalue weighted by atomic mass is 16.3. The van der Waals surface area contributed by atoms with Crippen LogP contribution < -0.4 is 5.32 Å². The van der Waals surface area contributed by atoms with Crippen LogP contribution in [-0.2, 0) is 16.1 Å². The summed E-state index contributed by atoms with van der Waals surface area (Å²) in [4.78, 5) is 54.2. The Morgan fingerprint density at radius 1 is 0.967 bits per heavy atom. The number of amides is 5. The smallest absolute Gasteiger partial charge is 0.325 e. The fourth-order valence-corrected chi connectivity index (χ4v) is 3.65. The molecule has 1 unspecified atom stereocenters. The van der Waals surface area contributed by atoms with Crippen LogP contribution in [0.1, 0.15) is 22.5 Å². The average Bonchev–Trinajstić information content (AvgIpc) is 3.39. The van der Waals surface area contributed by atoms with Crippen LogP contribution in [0.25, 0.3) is 0 Å². The molecule has 1 aromatic carbocycles. The quantitative estimate of drug-likeness (QED) is 0.743. The minimum Gasteiger partial charge on any atom is -0.459 e. The van der Waals surface area contributed by atoms with Gasteiger partial charge in [-0.05, 0) is 17.7 Å². The normalized spacial score (nSPS) is 19.2. The van der Waals surface area contributed by atoms with Crippen molar-refractivity contribution in [2.45, 2.75) is 19.0 Å². The molecule has 9 heteroatoms. The summed E-state index contributed by atoms with van der Waals surface area (Å²) in [5.74, 6) is -0.557. The maximum Gasteiger partial charge on any atom is 0.325 e. The minimum atomic E-state index is -0.864. The van der Waals surface area contributed by atoms with E-state index in [9.17, 15) is 19.2 Å². The van der Waals surface area contributed by atoms with Gasteiger partial charge in [0.15, 0.2) is 5.76 Å². The van der Waals surface area contributed by atoms with Crippen LogP contribution in [0, 0.1) is 0 Å². The van der Waals surface area contributed by atoms with E-state index in [-0.39, 0.29) is 30.5 Å². The molecular weight excluding hydrogens is 388 g/mol. The molecule has 30 heavy (non-hydrogen) atoms. The van der Waals surface area contributed by atoms with Crippen LogP contribution in [0.15, 0.2) is 53.1 Å². The second-order valence-electron chi connectivity index (χ2n) is 7.27. The molecule has 2 saturated heterocycles. The van der Waals surface area contributed by atoms with Crippen molar-refractivity contribution in [3.63, 3.8) is 0 Å². The summed E-state index contributed by atoms with van der Waals surface area (Å²) < 4.78 is 5.13. The number of hydrogen-bond acceptors (Lipinski definition) is 5. The zero-order chi connectivity index (χ0) is 21.1. The third-order valence-electron chi connectivity index (χ3n) is 5.32. The maximum atomic E-state index is 12.7. The fraction of sp³-hybridized carbons (Fsp3) is 0.333. The third-order valence-corrected chi connectivity index (χ3v) is 5.32. The molecule has 4 rings (SSSR count). The van der Waals surface area contributed by atoms with Crippen molar-refractivity contribution in [1.29, 1.82) is 0 Å². The lowest BCUT2D eigenvalue weighted by Crippen LogP contribution is -2.51. The molecule has 2 aromatic rings. The Hall–Kier alpha value is -3.62. The number of nitrogens with one attached hydrogen (secondary N) is 1. The van der Waals surface area contributed by atoms with Crippen molar-refractivity contribution < 1.29 is 23.6 Å². The van der Waals surface area contributed by atoms with E-state index in [0.717, 1.165) is 10.5 Å². The summed E-state index contributed by atoms with van der Waals surface area (Å²) >= 11 is 0. The molecular formula is C21H22N4O5. The highest BCUT2D eigenvalue weighted by molar-refractivity contribution is 6.05. The molecule has 1 atom stereocenters. The van der Waals surface area contributed by atoms with Crippen LogP contribution in [0.2, 0.25) is 0 Å². The topological polar surface area (TPSA) is 103 Å². The Morgan fingerprint density at radius 2 is 1.67 bits per heavy atom. The second-order valence-corrected chi connectivity index (χ2v) is 7.27. The number of imide groups is 1. The van der Waals surface area contributed by atoms with Gasteiger partial charge in [-0.15, -0.1) is 0 Å². The molecule has 2 fully saturated rings. The van der Waals surface area contributed by atoms with Gasteiger partial charge in [-0.2, -0.15) is 0 Å². The van der Waals surface area contributed by atoms with E-state index in [4.69, 9.17) is 4.42 Å². The van der Waals surface area contributed by atoms with Gasteiger partial charge in [-0.25, -0.2) is 4.79 Å². The first-order chi connectivity index (χ1) is 14.5. The van der Waals surface area contributed by atoms with Gasteiger partial charge < -0.3 is 19.5 Å². The number of rotatable bonds is 5. The number of furan rings is 1. The van der Waals surface area contributed by atoms with Gasteiger partial charge in [-0.1, -0.05) is 30.3 Å². The van der Waals surface area contributed by atoms with Crippen molar-refractivity contribution in [3.8, 4) is 0 Å². The van der Waals surface area contributed by atoms with Gasteiger partial charge >= 0.3 is 6.03 Å². The number of benzene rings is 1. The van der Waals surface area contributed by atoms with Gasteiger partial charge in [0.25, 0.3) is 11.8 Å². The van der Waals surface area contributed by atoms with Crippen LogP contribution >= 0.6 is 0 Å². The number of carbonyl (C=O) groups excluding carboxylic acids is 4. The largest absolute Gasteiger partial charge is 0.459 e. The predicted molar refractivity (Wildman–Crippen MR) is 105 cm³/mol. The number of urea groups is 1. The van der Waals surface area contributed by atoms with Crippen molar-refractivity contribution in [1.82, 2.24) is 20.0 Å². The van der Waals surface area contributed by atoms with Gasteiger partial charge in [-0.3, -0.25) is 19.3 Å². The molecule has 0 saturated carbocycles.